The van der Waals surface area contributed by atoms with Crippen molar-refractivity contribution in [1.29, 1.82) is 0 Å². The summed E-state index contributed by atoms with van der Waals surface area (Å²) in [6.07, 6.45) is 0. The first kappa shape index (κ1) is 11.9. The summed E-state index contributed by atoms with van der Waals surface area (Å²) in [5.74, 6) is 0. The van der Waals surface area contributed by atoms with Gasteiger partial charge in [0.25, 0.3) is 5.69 Å². The molecular weight excluding hydrogens is 262 g/mol. The van der Waals surface area contributed by atoms with Crippen LogP contribution in [0.4, 0.5) is 11.4 Å². The summed E-state index contributed by atoms with van der Waals surface area (Å²) in [5.41, 5.74) is 0.942. The van der Waals surface area contributed by atoms with Crippen LogP contribution in [0.5, 0.6) is 0 Å². The number of likely N-dealkylation sites (N-methyl/N-ethyl adjacent to an activating group) is 1. The molecule has 6 heteroatoms. The molecule has 0 saturated heterocycles. The number of anilines is 1. The Bertz CT molecular complexity index is 357. The van der Waals surface area contributed by atoms with Crippen molar-refractivity contribution in [2.45, 2.75) is 0 Å². The summed E-state index contributed by atoms with van der Waals surface area (Å²) in [4.78, 5) is 10.1. The zero-order valence-electron chi connectivity index (χ0n) is 8.29. The molecular formula is C9H12BrN3O2. The topological polar surface area (TPSA) is 67.2 Å². The number of nitro benzene ring substituents is 1. The summed E-state index contributed by atoms with van der Waals surface area (Å²) in [6, 6.07) is 4.66. The molecule has 0 aromatic heterocycles. The van der Waals surface area contributed by atoms with Crippen molar-refractivity contribution in [2.75, 3.05) is 25.5 Å². The van der Waals surface area contributed by atoms with E-state index in [1.807, 2.05) is 7.05 Å². The molecule has 0 bridgehead atoms. The molecule has 0 spiro atoms. The smallest absolute Gasteiger partial charge is 0.270 e. The van der Waals surface area contributed by atoms with Crippen LogP contribution in [0.2, 0.25) is 0 Å². The van der Waals surface area contributed by atoms with Crippen LogP contribution >= 0.6 is 15.9 Å². The van der Waals surface area contributed by atoms with Gasteiger partial charge < -0.3 is 10.6 Å². The summed E-state index contributed by atoms with van der Waals surface area (Å²) >= 11 is 3.28. The number of nitrogens with one attached hydrogen (secondary N) is 2. The van der Waals surface area contributed by atoms with Crippen molar-refractivity contribution in [3.63, 3.8) is 0 Å². The van der Waals surface area contributed by atoms with E-state index in [-0.39, 0.29) is 5.69 Å². The monoisotopic (exact) mass is 273 g/mol. The number of non-ortho nitro benzene ring substituents is 1. The lowest BCUT2D eigenvalue weighted by Crippen LogP contribution is -2.17. The molecule has 0 aliphatic rings. The van der Waals surface area contributed by atoms with E-state index in [2.05, 4.69) is 26.6 Å². The highest BCUT2D eigenvalue weighted by atomic mass is 79.9. The van der Waals surface area contributed by atoms with E-state index in [1.165, 1.54) is 12.1 Å². The van der Waals surface area contributed by atoms with Gasteiger partial charge in [-0.05, 0) is 29.0 Å². The van der Waals surface area contributed by atoms with Crippen LogP contribution in [0.25, 0.3) is 0 Å². The molecule has 0 aliphatic carbocycles. The molecule has 0 atom stereocenters. The van der Waals surface area contributed by atoms with E-state index in [9.17, 15) is 10.1 Å². The maximum Gasteiger partial charge on any atom is 0.270 e. The molecule has 0 amide bonds. The molecule has 0 fully saturated rings. The van der Waals surface area contributed by atoms with E-state index < -0.39 is 4.92 Å². The Morgan fingerprint density at radius 2 is 2.20 bits per heavy atom. The zero-order chi connectivity index (χ0) is 11.3. The second kappa shape index (κ2) is 5.67. The van der Waals surface area contributed by atoms with Crippen molar-refractivity contribution in [2.24, 2.45) is 0 Å². The average Bonchev–Trinajstić information content (AvgIpc) is 2.20. The Morgan fingerprint density at radius 1 is 1.47 bits per heavy atom. The first-order valence-corrected chi connectivity index (χ1v) is 5.27. The minimum atomic E-state index is -0.415. The standard InChI is InChI=1S/C9H12BrN3O2/c1-11-4-5-12-9-3-2-7(13(14)15)6-8(9)10/h2-3,6,11-12H,4-5H2,1H3. The van der Waals surface area contributed by atoms with Crippen molar-refractivity contribution < 1.29 is 4.92 Å². The van der Waals surface area contributed by atoms with Crippen LogP contribution in [-0.4, -0.2) is 25.1 Å². The summed E-state index contributed by atoms with van der Waals surface area (Å²) in [6.45, 7) is 1.61. The van der Waals surface area contributed by atoms with Gasteiger partial charge >= 0.3 is 0 Å². The molecule has 0 heterocycles. The quantitative estimate of drug-likeness (QED) is 0.489. The minimum Gasteiger partial charge on any atom is -0.383 e. The van der Waals surface area contributed by atoms with Crippen LogP contribution < -0.4 is 10.6 Å². The predicted molar refractivity (Wildman–Crippen MR) is 63.2 cm³/mol. The van der Waals surface area contributed by atoms with E-state index in [1.54, 1.807) is 6.07 Å². The lowest BCUT2D eigenvalue weighted by molar-refractivity contribution is -0.384. The number of hydrogen-bond donors (Lipinski definition) is 2. The fraction of sp³-hybridized carbons (Fsp3) is 0.333. The van der Waals surface area contributed by atoms with Gasteiger partial charge in [-0.15, -0.1) is 0 Å². The van der Waals surface area contributed by atoms with Crippen LogP contribution in [0, 0.1) is 10.1 Å². The van der Waals surface area contributed by atoms with Gasteiger partial charge in [0, 0.05) is 35.4 Å². The third kappa shape index (κ3) is 3.49. The van der Waals surface area contributed by atoms with E-state index in [4.69, 9.17) is 0 Å². The highest BCUT2D eigenvalue weighted by Gasteiger charge is 2.08. The summed E-state index contributed by atoms with van der Waals surface area (Å²) in [7, 11) is 1.87. The van der Waals surface area contributed by atoms with Gasteiger partial charge in [-0.1, -0.05) is 0 Å². The molecule has 0 unspecified atom stereocenters. The Balaban J connectivity index is 2.70. The molecule has 15 heavy (non-hydrogen) atoms. The van der Waals surface area contributed by atoms with Crippen molar-refractivity contribution >= 4 is 27.3 Å². The fourth-order valence-corrected chi connectivity index (χ4v) is 1.59. The lowest BCUT2D eigenvalue weighted by Gasteiger charge is -2.07. The van der Waals surface area contributed by atoms with Crippen molar-refractivity contribution in [3.05, 3.63) is 32.8 Å². The molecule has 0 aliphatic heterocycles. The Kier molecular flexibility index (Phi) is 4.51. The van der Waals surface area contributed by atoms with Gasteiger partial charge in [-0.3, -0.25) is 10.1 Å². The number of nitro groups is 1. The van der Waals surface area contributed by atoms with Gasteiger partial charge in [-0.2, -0.15) is 0 Å². The van der Waals surface area contributed by atoms with Crippen LogP contribution in [0.1, 0.15) is 0 Å². The maximum atomic E-state index is 10.5. The van der Waals surface area contributed by atoms with Crippen molar-refractivity contribution in [3.8, 4) is 0 Å². The van der Waals surface area contributed by atoms with Gasteiger partial charge in [0.15, 0.2) is 0 Å². The second-order valence-corrected chi connectivity index (χ2v) is 3.81. The fourth-order valence-electron chi connectivity index (χ4n) is 1.08. The van der Waals surface area contributed by atoms with E-state index in [0.29, 0.717) is 4.47 Å². The number of hydrogen-bond acceptors (Lipinski definition) is 4. The molecule has 0 saturated carbocycles. The SMILES string of the molecule is CNCCNc1ccc([N+](=O)[O-])cc1Br. The molecule has 1 aromatic rings. The number of nitrogens with zero attached hydrogens (tertiary/aromatic N) is 1. The normalized spacial score (nSPS) is 10.0. The highest BCUT2D eigenvalue weighted by molar-refractivity contribution is 9.10. The maximum absolute atomic E-state index is 10.5. The highest BCUT2D eigenvalue weighted by Crippen LogP contribution is 2.26. The van der Waals surface area contributed by atoms with Gasteiger partial charge in [0.05, 0.1) is 4.92 Å². The predicted octanol–water partition coefficient (Wildman–Crippen LogP) is 1.99. The average molecular weight is 274 g/mol. The number of rotatable bonds is 5. The molecule has 2 N–H and O–H groups in total. The number of benzene rings is 1. The van der Waals surface area contributed by atoms with Crippen LogP contribution in [0.15, 0.2) is 22.7 Å². The Hall–Kier alpha value is -1.14. The van der Waals surface area contributed by atoms with E-state index in [0.717, 1.165) is 18.8 Å². The zero-order valence-corrected chi connectivity index (χ0v) is 9.87. The first-order valence-electron chi connectivity index (χ1n) is 4.47. The van der Waals surface area contributed by atoms with Crippen LogP contribution in [-0.2, 0) is 0 Å². The summed E-state index contributed by atoms with van der Waals surface area (Å²) in [5, 5.41) is 16.6. The third-order valence-corrected chi connectivity index (χ3v) is 2.51. The van der Waals surface area contributed by atoms with E-state index >= 15 is 0 Å². The van der Waals surface area contributed by atoms with Gasteiger partial charge in [0.1, 0.15) is 0 Å². The van der Waals surface area contributed by atoms with Crippen molar-refractivity contribution in [1.82, 2.24) is 5.32 Å². The third-order valence-electron chi connectivity index (χ3n) is 1.85. The molecule has 82 valence electrons. The molecule has 1 rings (SSSR count). The minimum absolute atomic E-state index is 0.0843. The first-order chi connectivity index (χ1) is 7.15. The second-order valence-electron chi connectivity index (χ2n) is 2.95. The number of halogens is 1. The molecule has 1 aromatic carbocycles. The van der Waals surface area contributed by atoms with Gasteiger partial charge in [-0.25, -0.2) is 0 Å². The lowest BCUT2D eigenvalue weighted by atomic mass is 10.3. The molecule has 5 nitrogen and oxygen atoms in total. The molecule has 0 radical (unpaired) electrons. The summed E-state index contributed by atoms with van der Waals surface area (Å²) < 4.78 is 0.702. The van der Waals surface area contributed by atoms with Gasteiger partial charge in [0.2, 0.25) is 0 Å². The Morgan fingerprint density at radius 3 is 2.73 bits per heavy atom. The van der Waals surface area contributed by atoms with Crippen LogP contribution in [0.3, 0.4) is 0 Å². The Labute approximate surface area is 96.1 Å². The largest absolute Gasteiger partial charge is 0.383 e.